The summed E-state index contributed by atoms with van der Waals surface area (Å²) in [6.07, 6.45) is 4.39. The largest absolute Gasteiger partial charge is 0.481 e. The Morgan fingerprint density at radius 3 is 2.13 bits per heavy atom. The smallest absolute Gasteiger partial charge is 0.303 e. The Balaban J connectivity index is 1.69. The maximum absolute atomic E-state index is 11.9. The molecule has 0 saturated heterocycles. The standard InChI is InChI=1S/C17H22N2O4/c20-15(21)4-2-1-3-11-18-16(22)12-5-7-13(8-6-12)17(23)19-14-9-10-14/h5-8,14H,1-4,9-11H2,(H,18,22)(H,19,23)(H,20,21). The summed E-state index contributed by atoms with van der Waals surface area (Å²) in [5, 5.41) is 14.2. The average molecular weight is 318 g/mol. The van der Waals surface area contributed by atoms with Gasteiger partial charge in [0.2, 0.25) is 0 Å². The second-order valence-electron chi connectivity index (χ2n) is 5.79. The summed E-state index contributed by atoms with van der Waals surface area (Å²) in [7, 11) is 0. The number of unbranched alkanes of at least 4 members (excludes halogenated alkanes) is 2. The molecule has 3 N–H and O–H groups in total. The van der Waals surface area contributed by atoms with Crippen molar-refractivity contribution in [3.8, 4) is 0 Å². The molecule has 1 aromatic carbocycles. The van der Waals surface area contributed by atoms with Crippen LogP contribution in [-0.4, -0.2) is 35.5 Å². The summed E-state index contributed by atoms with van der Waals surface area (Å²) in [4.78, 5) is 34.2. The van der Waals surface area contributed by atoms with Crippen LogP contribution in [0.1, 0.15) is 59.2 Å². The van der Waals surface area contributed by atoms with Gasteiger partial charge in [0.15, 0.2) is 0 Å². The first-order valence-corrected chi connectivity index (χ1v) is 7.97. The number of nitrogens with one attached hydrogen (secondary N) is 2. The van der Waals surface area contributed by atoms with Gasteiger partial charge in [-0.3, -0.25) is 14.4 Å². The first-order valence-electron chi connectivity index (χ1n) is 7.97. The van der Waals surface area contributed by atoms with Crippen LogP contribution in [0.25, 0.3) is 0 Å². The SMILES string of the molecule is O=C(O)CCCCCNC(=O)c1ccc(C(=O)NC2CC2)cc1. The minimum atomic E-state index is -0.792. The number of rotatable bonds is 9. The molecule has 0 atom stereocenters. The van der Waals surface area contributed by atoms with E-state index in [1.165, 1.54) is 0 Å². The van der Waals surface area contributed by atoms with E-state index < -0.39 is 5.97 Å². The summed E-state index contributed by atoms with van der Waals surface area (Å²) in [6.45, 7) is 0.516. The van der Waals surface area contributed by atoms with Crippen LogP contribution in [0.5, 0.6) is 0 Å². The Labute approximate surface area is 135 Å². The van der Waals surface area contributed by atoms with Crippen LogP contribution in [0.3, 0.4) is 0 Å². The van der Waals surface area contributed by atoms with E-state index in [-0.39, 0.29) is 18.2 Å². The number of carboxylic acid groups (broad SMARTS) is 1. The molecule has 6 heteroatoms. The highest BCUT2D eigenvalue weighted by molar-refractivity contribution is 5.97. The van der Waals surface area contributed by atoms with Crippen LogP contribution in [0.4, 0.5) is 0 Å². The minimum absolute atomic E-state index is 0.0992. The highest BCUT2D eigenvalue weighted by Gasteiger charge is 2.23. The summed E-state index contributed by atoms with van der Waals surface area (Å²) in [5.74, 6) is -1.07. The maximum Gasteiger partial charge on any atom is 0.303 e. The third kappa shape index (κ3) is 6.10. The quantitative estimate of drug-likeness (QED) is 0.606. The van der Waals surface area contributed by atoms with Gasteiger partial charge in [-0.15, -0.1) is 0 Å². The van der Waals surface area contributed by atoms with Gasteiger partial charge in [-0.2, -0.15) is 0 Å². The Bertz CT molecular complexity index is 564. The number of hydrogen-bond acceptors (Lipinski definition) is 3. The number of hydrogen-bond donors (Lipinski definition) is 3. The molecule has 0 heterocycles. The van der Waals surface area contributed by atoms with Crippen LogP contribution in [-0.2, 0) is 4.79 Å². The number of carbonyl (C=O) groups is 3. The topological polar surface area (TPSA) is 95.5 Å². The zero-order valence-corrected chi connectivity index (χ0v) is 13.0. The molecule has 1 aliphatic carbocycles. The van der Waals surface area contributed by atoms with Crippen LogP contribution in [0, 0.1) is 0 Å². The van der Waals surface area contributed by atoms with Crippen LogP contribution in [0.15, 0.2) is 24.3 Å². The molecular formula is C17H22N2O4. The molecule has 124 valence electrons. The molecule has 1 fully saturated rings. The Hall–Kier alpha value is -2.37. The van der Waals surface area contributed by atoms with Crippen molar-refractivity contribution in [1.82, 2.24) is 10.6 Å². The predicted octanol–water partition coefficient (Wildman–Crippen LogP) is 1.95. The zero-order valence-electron chi connectivity index (χ0n) is 13.0. The molecule has 0 aromatic heterocycles. The van der Waals surface area contributed by atoms with Gasteiger partial charge in [-0.25, -0.2) is 0 Å². The fourth-order valence-corrected chi connectivity index (χ4v) is 2.15. The second-order valence-corrected chi connectivity index (χ2v) is 5.79. The summed E-state index contributed by atoms with van der Waals surface area (Å²) in [5.41, 5.74) is 1.07. The molecule has 1 aromatic rings. The monoisotopic (exact) mass is 318 g/mol. The summed E-state index contributed by atoms with van der Waals surface area (Å²) in [6, 6.07) is 6.90. The number of carbonyl (C=O) groups excluding carboxylic acids is 2. The molecule has 0 spiro atoms. The van der Waals surface area contributed by atoms with Gasteiger partial charge in [0.25, 0.3) is 11.8 Å². The van der Waals surface area contributed by atoms with E-state index in [9.17, 15) is 14.4 Å². The molecule has 0 radical (unpaired) electrons. The number of amides is 2. The molecule has 2 amide bonds. The van der Waals surface area contributed by atoms with Crippen molar-refractivity contribution in [1.29, 1.82) is 0 Å². The van der Waals surface area contributed by atoms with Gasteiger partial charge in [0, 0.05) is 30.1 Å². The van der Waals surface area contributed by atoms with E-state index >= 15 is 0 Å². The Kier molecular flexibility index (Phi) is 6.14. The van der Waals surface area contributed by atoms with E-state index in [0.29, 0.717) is 30.1 Å². The number of aliphatic carboxylic acids is 1. The molecule has 0 aliphatic heterocycles. The van der Waals surface area contributed by atoms with E-state index in [1.807, 2.05) is 0 Å². The minimum Gasteiger partial charge on any atom is -0.481 e. The molecule has 23 heavy (non-hydrogen) atoms. The van der Waals surface area contributed by atoms with Gasteiger partial charge < -0.3 is 15.7 Å². The van der Waals surface area contributed by atoms with Crippen molar-refractivity contribution in [2.45, 2.75) is 44.6 Å². The highest BCUT2D eigenvalue weighted by atomic mass is 16.4. The van der Waals surface area contributed by atoms with Gasteiger partial charge in [0.05, 0.1) is 0 Å². The van der Waals surface area contributed by atoms with Crippen molar-refractivity contribution < 1.29 is 19.5 Å². The van der Waals surface area contributed by atoms with Crippen molar-refractivity contribution in [3.63, 3.8) is 0 Å². The van der Waals surface area contributed by atoms with E-state index in [4.69, 9.17) is 5.11 Å². The van der Waals surface area contributed by atoms with Crippen molar-refractivity contribution in [2.24, 2.45) is 0 Å². The fourth-order valence-electron chi connectivity index (χ4n) is 2.15. The highest BCUT2D eigenvalue weighted by Crippen LogP contribution is 2.19. The third-order valence-corrected chi connectivity index (χ3v) is 3.67. The molecule has 6 nitrogen and oxygen atoms in total. The lowest BCUT2D eigenvalue weighted by Gasteiger charge is -2.06. The number of benzene rings is 1. The van der Waals surface area contributed by atoms with Crippen LogP contribution < -0.4 is 10.6 Å². The average Bonchev–Trinajstić information content (AvgIpc) is 3.34. The Morgan fingerprint density at radius 1 is 0.957 bits per heavy atom. The lowest BCUT2D eigenvalue weighted by atomic mass is 10.1. The second kappa shape index (κ2) is 8.31. The zero-order chi connectivity index (χ0) is 16.7. The first-order chi connectivity index (χ1) is 11.1. The first kappa shape index (κ1) is 17.0. The molecule has 1 aliphatic rings. The van der Waals surface area contributed by atoms with Gasteiger partial charge in [0.1, 0.15) is 0 Å². The predicted molar refractivity (Wildman–Crippen MR) is 85.4 cm³/mol. The molecule has 2 rings (SSSR count). The van der Waals surface area contributed by atoms with Gasteiger partial charge in [-0.05, 0) is 49.9 Å². The third-order valence-electron chi connectivity index (χ3n) is 3.67. The lowest BCUT2D eigenvalue weighted by molar-refractivity contribution is -0.137. The van der Waals surface area contributed by atoms with Crippen LogP contribution in [0.2, 0.25) is 0 Å². The van der Waals surface area contributed by atoms with Gasteiger partial charge in [-0.1, -0.05) is 6.42 Å². The van der Waals surface area contributed by atoms with E-state index in [1.54, 1.807) is 24.3 Å². The molecule has 1 saturated carbocycles. The number of carboxylic acids is 1. The maximum atomic E-state index is 11.9. The Morgan fingerprint density at radius 2 is 1.57 bits per heavy atom. The summed E-state index contributed by atoms with van der Waals surface area (Å²) >= 11 is 0. The fraction of sp³-hybridized carbons (Fsp3) is 0.471. The lowest BCUT2D eigenvalue weighted by Crippen LogP contribution is -2.26. The molecule has 0 bridgehead atoms. The van der Waals surface area contributed by atoms with Crippen molar-refractivity contribution in [3.05, 3.63) is 35.4 Å². The van der Waals surface area contributed by atoms with E-state index in [2.05, 4.69) is 10.6 Å². The van der Waals surface area contributed by atoms with Crippen LogP contribution >= 0.6 is 0 Å². The van der Waals surface area contributed by atoms with Gasteiger partial charge >= 0.3 is 5.97 Å². The normalized spacial score (nSPS) is 13.4. The van der Waals surface area contributed by atoms with Crippen molar-refractivity contribution >= 4 is 17.8 Å². The summed E-state index contributed by atoms with van der Waals surface area (Å²) < 4.78 is 0. The van der Waals surface area contributed by atoms with E-state index in [0.717, 1.165) is 25.7 Å². The molecule has 0 unspecified atom stereocenters. The van der Waals surface area contributed by atoms with Crippen molar-refractivity contribution in [2.75, 3.05) is 6.54 Å². The molecular weight excluding hydrogens is 296 g/mol.